The molecule has 1 amide bonds. The summed E-state index contributed by atoms with van der Waals surface area (Å²) in [4.78, 5) is 12.3. The first kappa shape index (κ1) is 22.6. The second-order valence-electron chi connectivity index (χ2n) is 6.39. The fraction of sp³-hybridized carbons (Fsp3) is 0.143. The van der Waals surface area contributed by atoms with Crippen LogP contribution >= 0.6 is 15.9 Å². The Kier molecular flexibility index (Phi) is 7.13. The lowest BCUT2D eigenvalue weighted by molar-refractivity contribution is -0.111. The van der Waals surface area contributed by atoms with Gasteiger partial charge in [0, 0.05) is 27.9 Å². The van der Waals surface area contributed by atoms with E-state index in [4.69, 9.17) is 9.26 Å². The number of hydrogen-bond acceptors (Lipinski definition) is 6. The third-order valence-corrected chi connectivity index (χ3v) is 5.85. The average Bonchev–Trinajstić information content (AvgIpc) is 3.12. The summed E-state index contributed by atoms with van der Waals surface area (Å²) < 4.78 is 38.4. The zero-order valence-corrected chi connectivity index (χ0v) is 19.2. The van der Waals surface area contributed by atoms with E-state index in [1.54, 1.807) is 13.0 Å². The van der Waals surface area contributed by atoms with Crippen molar-refractivity contribution in [3.63, 3.8) is 0 Å². The van der Waals surface area contributed by atoms with Gasteiger partial charge in [0.2, 0.25) is 5.91 Å². The number of nitrogens with zero attached hydrogens (tertiary/aromatic N) is 1. The summed E-state index contributed by atoms with van der Waals surface area (Å²) in [6, 6.07) is 12.8. The van der Waals surface area contributed by atoms with E-state index < -0.39 is 10.0 Å². The van der Waals surface area contributed by atoms with Crippen LogP contribution in [0, 0.1) is 6.92 Å². The topological polar surface area (TPSA) is 111 Å². The molecule has 1 heterocycles. The zero-order chi connectivity index (χ0) is 22.4. The molecular weight excluding hydrogens is 486 g/mol. The number of carbonyl (C=O) groups is 1. The summed E-state index contributed by atoms with van der Waals surface area (Å²) in [5.74, 6) is 0.882. The van der Waals surface area contributed by atoms with Crippen molar-refractivity contribution in [1.82, 2.24) is 5.16 Å². The van der Waals surface area contributed by atoms with E-state index in [2.05, 4.69) is 31.1 Å². The molecule has 3 rings (SSSR count). The predicted octanol–water partition coefficient (Wildman–Crippen LogP) is 4.60. The van der Waals surface area contributed by atoms with Crippen LogP contribution in [0.4, 0.5) is 11.5 Å². The molecule has 2 aromatic carbocycles. The van der Waals surface area contributed by atoms with Crippen LogP contribution < -0.4 is 14.8 Å². The Balaban J connectivity index is 1.66. The standard InChI is InChI=1S/C21H20BrN3O5S/c1-3-29-19-10-5-16(22)13-15(19)4-11-21(26)23-17-6-8-18(9-7-17)31(27,28)25-20-12-14(2)30-24-20/h4-13H,3H2,1-2H3,(H,23,26)(H,24,25)/b11-4+. The van der Waals surface area contributed by atoms with Gasteiger partial charge in [0.25, 0.3) is 10.0 Å². The monoisotopic (exact) mass is 505 g/mol. The third-order valence-electron chi connectivity index (χ3n) is 3.98. The first-order valence-corrected chi connectivity index (χ1v) is 11.5. The predicted molar refractivity (Wildman–Crippen MR) is 121 cm³/mol. The van der Waals surface area contributed by atoms with Gasteiger partial charge in [-0.05, 0) is 62.4 Å². The summed E-state index contributed by atoms with van der Waals surface area (Å²) in [6.07, 6.45) is 3.02. The lowest BCUT2D eigenvalue weighted by Crippen LogP contribution is -2.13. The summed E-state index contributed by atoms with van der Waals surface area (Å²) in [6.45, 7) is 4.05. The van der Waals surface area contributed by atoms with Crippen LogP contribution in [-0.4, -0.2) is 26.1 Å². The zero-order valence-electron chi connectivity index (χ0n) is 16.8. The van der Waals surface area contributed by atoms with E-state index in [1.165, 1.54) is 36.4 Å². The van der Waals surface area contributed by atoms with E-state index >= 15 is 0 Å². The number of carbonyl (C=O) groups excluding carboxylic acids is 1. The molecule has 0 unspecified atom stereocenters. The Hall–Kier alpha value is -3.11. The van der Waals surface area contributed by atoms with Crippen molar-refractivity contribution >= 4 is 49.4 Å². The van der Waals surface area contributed by atoms with Gasteiger partial charge in [-0.25, -0.2) is 8.42 Å². The maximum absolute atomic E-state index is 12.4. The number of hydrogen-bond donors (Lipinski definition) is 2. The summed E-state index contributed by atoms with van der Waals surface area (Å²) in [7, 11) is -3.82. The molecule has 2 N–H and O–H groups in total. The van der Waals surface area contributed by atoms with Gasteiger partial charge in [0.05, 0.1) is 11.5 Å². The van der Waals surface area contributed by atoms with Crippen molar-refractivity contribution in [2.24, 2.45) is 0 Å². The number of amides is 1. The molecule has 3 aromatic rings. The molecular formula is C21H20BrN3O5S. The van der Waals surface area contributed by atoms with E-state index in [0.29, 0.717) is 23.8 Å². The van der Waals surface area contributed by atoms with Crippen LogP contribution in [0.5, 0.6) is 5.75 Å². The number of anilines is 2. The van der Waals surface area contributed by atoms with Crippen LogP contribution in [0.1, 0.15) is 18.2 Å². The highest BCUT2D eigenvalue weighted by Crippen LogP contribution is 2.25. The van der Waals surface area contributed by atoms with E-state index in [1.807, 2.05) is 25.1 Å². The molecule has 0 radical (unpaired) electrons. The first-order valence-electron chi connectivity index (χ1n) is 9.24. The maximum atomic E-state index is 12.4. The molecule has 10 heteroatoms. The van der Waals surface area contributed by atoms with Crippen LogP contribution in [0.25, 0.3) is 6.08 Å². The van der Waals surface area contributed by atoms with Crippen molar-refractivity contribution in [3.8, 4) is 5.75 Å². The SMILES string of the molecule is CCOc1ccc(Br)cc1/C=C/C(=O)Nc1ccc(S(=O)(=O)Nc2cc(C)on2)cc1. The average molecular weight is 506 g/mol. The fourth-order valence-corrected chi connectivity index (χ4v) is 3.98. The van der Waals surface area contributed by atoms with Crippen molar-refractivity contribution in [3.05, 3.63) is 70.4 Å². The van der Waals surface area contributed by atoms with E-state index in [0.717, 1.165) is 10.0 Å². The van der Waals surface area contributed by atoms with Gasteiger partial charge >= 0.3 is 0 Å². The molecule has 0 saturated carbocycles. The van der Waals surface area contributed by atoms with Gasteiger partial charge in [0.15, 0.2) is 5.82 Å². The molecule has 31 heavy (non-hydrogen) atoms. The van der Waals surface area contributed by atoms with Crippen LogP contribution in [0.2, 0.25) is 0 Å². The number of aryl methyl sites for hydroxylation is 1. The number of benzene rings is 2. The second-order valence-corrected chi connectivity index (χ2v) is 8.99. The lowest BCUT2D eigenvalue weighted by Gasteiger charge is -2.08. The Bertz CT molecular complexity index is 1200. The van der Waals surface area contributed by atoms with Gasteiger partial charge < -0.3 is 14.6 Å². The summed E-state index contributed by atoms with van der Waals surface area (Å²) in [5.41, 5.74) is 1.20. The van der Waals surface area contributed by atoms with E-state index in [-0.39, 0.29) is 16.6 Å². The molecule has 0 spiro atoms. The van der Waals surface area contributed by atoms with Crippen molar-refractivity contribution in [2.75, 3.05) is 16.6 Å². The van der Waals surface area contributed by atoms with Crippen molar-refractivity contribution in [2.45, 2.75) is 18.7 Å². The Labute approximate surface area is 188 Å². The molecule has 0 fully saturated rings. The Morgan fingerprint density at radius 1 is 1.19 bits per heavy atom. The maximum Gasteiger partial charge on any atom is 0.263 e. The lowest BCUT2D eigenvalue weighted by atomic mass is 10.2. The van der Waals surface area contributed by atoms with Gasteiger partial charge in [-0.3, -0.25) is 9.52 Å². The minimum atomic E-state index is -3.82. The Morgan fingerprint density at radius 2 is 1.94 bits per heavy atom. The van der Waals surface area contributed by atoms with Gasteiger partial charge in [-0.2, -0.15) is 0 Å². The molecule has 1 aromatic heterocycles. The molecule has 0 aliphatic heterocycles. The van der Waals surface area contributed by atoms with Crippen molar-refractivity contribution in [1.29, 1.82) is 0 Å². The highest BCUT2D eigenvalue weighted by molar-refractivity contribution is 9.10. The molecule has 0 atom stereocenters. The highest BCUT2D eigenvalue weighted by Gasteiger charge is 2.16. The quantitative estimate of drug-likeness (QED) is 0.433. The fourth-order valence-electron chi connectivity index (χ4n) is 2.61. The summed E-state index contributed by atoms with van der Waals surface area (Å²) >= 11 is 3.40. The molecule has 0 bridgehead atoms. The minimum Gasteiger partial charge on any atom is -0.493 e. The molecule has 8 nitrogen and oxygen atoms in total. The number of halogens is 1. The molecule has 0 aliphatic carbocycles. The smallest absolute Gasteiger partial charge is 0.263 e. The van der Waals surface area contributed by atoms with Crippen molar-refractivity contribution < 1.29 is 22.5 Å². The number of ether oxygens (including phenoxy) is 1. The molecule has 0 saturated heterocycles. The number of nitrogens with one attached hydrogen (secondary N) is 2. The Morgan fingerprint density at radius 3 is 2.58 bits per heavy atom. The third kappa shape index (κ3) is 6.19. The number of aromatic nitrogens is 1. The van der Waals surface area contributed by atoms with E-state index in [9.17, 15) is 13.2 Å². The minimum absolute atomic E-state index is 0.0252. The highest BCUT2D eigenvalue weighted by atomic mass is 79.9. The normalized spacial score (nSPS) is 11.5. The second kappa shape index (κ2) is 9.80. The molecule has 162 valence electrons. The van der Waals surface area contributed by atoms with Crippen LogP contribution in [0.3, 0.4) is 0 Å². The number of rotatable bonds is 8. The van der Waals surface area contributed by atoms with Crippen LogP contribution in [-0.2, 0) is 14.8 Å². The summed E-state index contributed by atoms with van der Waals surface area (Å²) in [5, 5.41) is 6.30. The molecule has 0 aliphatic rings. The first-order chi connectivity index (χ1) is 14.8. The van der Waals surface area contributed by atoms with Gasteiger partial charge in [-0.1, -0.05) is 21.1 Å². The van der Waals surface area contributed by atoms with Gasteiger partial charge in [0.1, 0.15) is 11.5 Å². The van der Waals surface area contributed by atoms with Gasteiger partial charge in [-0.15, -0.1) is 0 Å². The number of sulfonamides is 1. The largest absolute Gasteiger partial charge is 0.493 e. The van der Waals surface area contributed by atoms with Crippen LogP contribution in [0.15, 0.2) is 68.5 Å².